The first-order valence-corrected chi connectivity index (χ1v) is 7.20. The van der Waals surface area contributed by atoms with Crippen LogP contribution in [-0.2, 0) is 11.2 Å². The molecule has 1 aromatic rings. The van der Waals surface area contributed by atoms with Crippen LogP contribution in [0.15, 0.2) is 0 Å². The van der Waals surface area contributed by atoms with Gasteiger partial charge in [-0.3, -0.25) is 0 Å². The normalized spacial score (nSPS) is 27.7. The number of hydrogen-bond acceptors (Lipinski definition) is 5. The van der Waals surface area contributed by atoms with Gasteiger partial charge in [0.1, 0.15) is 5.82 Å². The molecule has 4 nitrogen and oxygen atoms in total. The van der Waals surface area contributed by atoms with Crippen molar-refractivity contribution in [3.05, 3.63) is 5.82 Å². The van der Waals surface area contributed by atoms with Crippen molar-refractivity contribution in [3.63, 3.8) is 0 Å². The number of nitrogens with zero attached hydrogens (tertiary/aromatic N) is 3. The topological polar surface area (TPSA) is 38.2 Å². The Morgan fingerprint density at radius 1 is 1.35 bits per heavy atom. The molecule has 0 N–H and O–H groups in total. The van der Waals surface area contributed by atoms with E-state index in [9.17, 15) is 0 Å². The molecule has 1 aromatic heterocycles. The zero-order valence-corrected chi connectivity index (χ0v) is 11.1. The SMILES string of the molecule is COCCc1nsc(N2CC3CCCC3C2)n1. The summed E-state index contributed by atoms with van der Waals surface area (Å²) in [6.07, 6.45) is 5.08. The Balaban J connectivity index is 1.63. The Morgan fingerprint density at radius 3 is 2.82 bits per heavy atom. The number of methoxy groups -OCH3 is 1. The van der Waals surface area contributed by atoms with Crippen molar-refractivity contribution in [3.8, 4) is 0 Å². The molecule has 2 aliphatic rings. The van der Waals surface area contributed by atoms with Crippen LogP contribution in [0.2, 0.25) is 0 Å². The van der Waals surface area contributed by atoms with Gasteiger partial charge in [0.15, 0.2) is 0 Å². The second-order valence-electron chi connectivity index (χ2n) is 5.09. The molecule has 1 saturated heterocycles. The Bertz CT molecular complexity index is 370. The van der Waals surface area contributed by atoms with Gasteiger partial charge < -0.3 is 9.64 Å². The van der Waals surface area contributed by atoms with Crippen molar-refractivity contribution in [2.24, 2.45) is 11.8 Å². The van der Waals surface area contributed by atoms with Crippen LogP contribution in [0.5, 0.6) is 0 Å². The average Bonchev–Trinajstić information content (AvgIpc) is 3.00. The molecule has 94 valence electrons. The van der Waals surface area contributed by atoms with Crippen LogP contribution in [-0.4, -0.2) is 36.2 Å². The number of hydrogen-bond donors (Lipinski definition) is 0. The monoisotopic (exact) mass is 253 g/mol. The third-order valence-corrected chi connectivity index (χ3v) is 4.80. The molecule has 5 heteroatoms. The van der Waals surface area contributed by atoms with E-state index in [1.165, 1.54) is 32.4 Å². The molecule has 2 unspecified atom stereocenters. The van der Waals surface area contributed by atoms with Crippen molar-refractivity contribution in [1.82, 2.24) is 9.36 Å². The maximum atomic E-state index is 5.05. The summed E-state index contributed by atoms with van der Waals surface area (Å²) in [4.78, 5) is 7.04. The van der Waals surface area contributed by atoms with Crippen LogP contribution < -0.4 is 4.90 Å². The molecule has 0 spiro atoms. The molecule has 0 bridgehead atoms. The van der Waals surface area contributed by atoms with Crippen molar-refractivity contribution in [1.29, 1.82) is 0 Å². The quantitative estimate of drug-likeness (QED) is 0.822. The molecule has 0 radical (unpaired) electrons. The summed E-state index contributed by atoms with van der Waals surface area (Å²) in [6, 6.07) is 0. The molecule has 2 atom stereocenters. The van der Waals surface area contributed by atoms with E-state index in [2.05, 4.69) is 14.3 Å². The van der Waals surface area contributed by atoms with Crippen molar-refractivity contribution < 1.29 is 4.74 Å². The minimum Gasteiger partial charge on any atom is -0.384 e. The van der Waals surface area contributed by atoms with Crippen LogP contribution in [0, 0.1) is 11.8 Å². The molecule has 0 amide bonds. The van der Waals surface area contributed by atoms with Gasteiger partial charge in [0.05, 0.1) is 6.61 Å². The summed E-state index contributed by atoms with van der Waals surface area (Å²) in [5, 5.41) is 1.12. The average molecular weight is 253 g/mol. The van der Waals surface area contributed by atoms with Crippen molar-refractivity contribution in [2.45, 2.75) is 25.7 Å². The summed E-state index contributed by atoms with van der Waals surface area (Å²) in [5.74, 6) is 2.77. The summed E-state index contributed by atoms with van der Waals surface area (Å²) in [5.41, 5.74) is 0. The van der Waals surface area contributed by atoms with Crippen LogP contribution in [0.1, 0.15) is 25.1 Å². The molecular weight excluding hydrogens is 234 g/mol. The lowest BCUT2D eigenvalue weighted by Crippen LogP contribution is -2.20. The fourth-order valence-corrected chi connectivity index (χ4v) is 3.79. The lowest BCUT2D eigenvalue weighted by molar-refractivity contribution is 0.201. The lowest BCUT2D eigenvalue weighted by Gasteiger charge is -2.14. The highest BCUT2D eigenvalue weighted by Gasteiger charge is 2.37. The first-order chi connectivity index (χ1) is 8.36. The highest BCUT2D eigenvalue weighted by Crippen LogP contribution is 2.39. The molecule has 2 heterocycles. The maximum absolute atomic E-state index is 5.05. The van der Waals surface area contributed by atoms with Crippen molar-refractivity contribution >= 4 is 16.7 Å². The summed E-state index contributed by atoms with van der Waals surface area (Å²) >= 11 is 1.55. The zero-order chi connectivity index (χ0) is 11.7. The Labute approximate surface area is 106 Å². The fraction of sp³-hybridized carbons (Fsp3) is 0.833. The van der Waals surface area contributed by atoms with Crippen LogP contribution >= 0.6 is 11.5 Å². The van der Waals surface area contributed by atoms with E-state index in [-0.39, 0.29) is 0 Å². The third kappa shape index (κ3) is 2.31. The predicted octanol–water partition coefficient (Wildman–Crippen LogP) is 1.96. The standard InChI is InChI=1S/C12H19N3OS/c1-16-6-5-11-13-12(17-14-11)15-7-9-3-2-4-10(9)8-15/h9-10H,2-8H2,1H3. The number of ether oxygens (including phenoxy) is 1. The number of rotatable bonds is 4. The van der Waals surface area contributed by atoms with Gasteiger partial charge in [-0.05, 0) is 24.7 Å². The first kappa shape index (κ1) is 11.4. The lowest BCUT2D eigenvalue weighted by atomic mass is 10.0. The molecule has 1 aliphatic carbocycles. The van der Waals surface area contributed by atoms with Gasteiger partial charge in [0.2, 0.25) is 5.13 Å². The van der Waals surface area contributed by atoms with E-state index in [1.54, 1.807) is 18.6 Å². The van der Waals surface area contributed by atoms with Gasteiger partial charge in [-0.25, -0.2) is 4.98 Å². The molecule has 1 aliphatic heterocycles. The van der Waals surface area contributed by atoms with E-state index in [4.69, 9.17) is 4.74 Å². The van der Waals surface area contributed by atoms with Crippen LogP contribution in [0.3, 0.4) is 0 Å². The van der Waals surface area contributed by atoms with Gasteiger partial charge in [-0.15, -0.1) is 0 Å². The molecular formula is C12H19N3OS. The second-order valence-corrected chi connectivity index (χ2v) is 5.82. The molecule has 1 saturated carbocycles. The van der Waals surface area contributed by atoms with Crippen LogP contribution in [0.25, 0.3) is 0 Å². The smallest absolute Gasteiger partial charge is 0.205 e. The Morgan fingerprint density at radius 2 is 2.12 bits per heavy atom. The van der Waals surface area contributed by atoms with E-state index in [0.717, 1.165) is 29.2 Å². The minimum absolute atomic E-state index is 0.710. The van der Waals surface area contributed by atoms with Gasteiger partial charge in [0.25, 0.3) is 0 Å². The van der Waals surface area contributed by atoms with E-state index < -0.39 is 0 Å². The summed E-state index contributed by atoms with van der Waals surface area (Å²) < 4.78 is 9.45. The van der Waals surface area contributed by atoms with E-state index in [0.29, 0.717) is 6.61 Å². The highest BCUT2D eigenvalue weighted by molar-refractivity contribution is 7.09. The number of fused-ring (bicyclic) bond motifs is 1. The molecule has 0 aromatic carbocycles. The zero-order valence-electron chi connectivity index (χ0n) is 10.3. The second kappa shape index (κ2) is 4.90. The first-order valence-electron chi connectivity index (χ1n) is 6.43. The Kier molecular flexibility index (Phi) is 3.29. The summed E-state index contributed by atoms with van der Waals surface area (Å²) in [6.45, 7) is 3.11. The predicted molar refractivity (Wildman–Crippen MR) is 68.5 cm³/mol. The molecule has 2 fully saturated rings. The van der Waals surface area contributed by atoms with Crippen LogP contribution in [0.4, 0.5) is 5.13 Å². The number of anilines is 1. The van der Waals surface area contributed by atoms with Gasteiger partial charge in [-0.1, -0.05) is 6.42 Å². The highest BCUT2D eigenvalue weighted by atomic mass is 32.1. The Hall–Kier alpha value is -0.680. The van der Waals surface area contributed by atoms with E-state index in [1.807, 2.05) is 0 Å². The van der Waals surface area contributed by atoms with E-state index >= 15 is 0 Å². The van der Waals surface area contributed by atoms with Crippen molar-refractivity contribution in [2.75, 3.05) is 31.7 Å². The van der Waals surface area contributed by atoms with Gasteiger partial charge in [0, 0.05) is 38.2 Å². The minimum atomic E-state index is 0.710. The molecule has 3 rings (SSSR count). The summed E-state index contributed by atoms with van der Waals surface area (Å²) in [7, 11) is 1.72. The van der Waals surface area contributed by atoms with Gasteiger partial charge in [-0.2, -0.15) is 4.37 Å². The maximum Gasteiger partial charge on any atom is 0.205 e. The van der Waals surface area contributed by atoms with Gasteiger partial charge >= 0.3 is 0 Å². The molecule has 17 heavy (non-hydrogen) atoms. The largest absolute Gasteiger partial charge is 0.384 e. The number of aromatic nitrogens is 2. The third-order valence-electron chi connectivity index (χ3n) is 3.98. The fourth-order valence-electron chi connectivity index (χ4n) is 3.06.